The van der Waals surface area contributed by atoms with Crippen LogP contribution in [0.1, 0.15) is 78.1 Å². The number of hydrogen-bond donors (Lipinski definition) is 0. The van der Waals surface area contributed by atoms with Crippen molar-refractivity contribution in [1.82, 2.24) is 4.48 Å². The van der Waals surface area contributed by atoms with Crippen LogP contribution in [0.4, 0.5) is 11.4 Å². The average molecular weight is 367 g/mol. The highest BCUT2D eigenvalue weighted by molar-refractivity contribution is 5.58. The quantitative estimate of drug-likeness (QED) is 0.233. The molecule has 0 atom stereocenters. The molecule has 0 fully saturated rings. The third-order valence-electron chi connectivity index (χ3n) is 5.79. The predicted molar refractivity (Wildman–Crippen MR) is 122 cm³/mol. The maximum Gasteiger partial charge on any atom is 0.137 e. The van der Waals surface area contributed by atoms with Crippen molar-refractivity contribution in [3.05, 3.63) is 60.7 Å². The molecule has 0 radical (unpaired) electrons. The van der Waals surface area contributed by atoms with Gasteiger partial charge >= 0.3 is 0 Å². The molecule has 2 aromatic rings. The minimum absolute atomic E-state index is 1.01. The van der Waals surface area contributed by atoms with E-state index in [1.807, 2.05) is 0 Å². The largest absolute Gasteiger partial charge is 0.259 e. The molecule has 0 heterocycles. The minimum atomic E-state index is 1.01. The first kappa shape index (κ1) is 21.7. The Morgan fingerprint density at radius 1 is 0.481 bits per heavy atom. The van der Waals surface area contributed by atoms with Crippen molar-refractivity contribution in [1.29, 1.82) is 0 Å². The van der Waals surface area contributed by atoms with Gasteiger partial charge in [0.05, 0.1) is 13.1 Å². The summed E-state index contributed by atoms with van der Waals surface area (Å²) in [5, 5.41) is 0. The molecule has 0 amide bonds. The Balaban J connectivity index is 2.21. The van der Waals surface area contributed by atoms with Gasteiger partial charge in [-0.2, -0.15) is 0 Å². The first-order chi connectivity index (χ1) is 13.3. The number of para-hydroxylation sites is 2. The molecule has 0 unspecified atom stereocenters. The van der Waals surface area contributed by atoms with Crippen LogP contribution in [0.3, 0.4) is 0 Å². The highest BCUT2D eigenvalue weighted by Gasteiger charge is 2.32. The monoisotopic (exact) mass is 366 g/mol. The zero-order valence-corrected chi connectivity index (χ0v) is 17.7. The maximum absolute atomic E-state index is 2.34. The fourth-order valence-electron chi connectivity index (χ4n) is 4.17. The molecule has 0 aliphatic heterocycles. The van der Waals surface area contributed by atoms with Crippen molar-refractivity contribution in [2.75, 3.05) is 13.1 Å². The van der Waals surface area contributed by atoms with E-state index in [4.69, 9.17) is 0 Å². The lowest BCUT2D eigenvalue weighted by molar-refractivity contribution is 0.354. The SMILES string of the molecule is CCCCCCC[N+](CCCCCCC)(c1ccccc1)c1ccccc1. The number of rotatable bonds is 14. The molecule has 2 rings (SSSR count). The smallest absolute Gasteiger partial charge is 0.137 e. The number of hydrogen-bond acceptors (Lipinski definition) is 0. The third-order valence-corrected chi connectivity index (χ3v) is 5.79. The molecule has 27 heavy (non-hydrogen) atoms. The van der Waals surface area contributed by atoms with E-state index >= 15 is 0 Å². The highest BCUT2D eigenvalue weighted by Crippen LogP contribution is 2.36. The van der Waals surface area contributed by atoms with Crippen molar-refractivity contribution in [2.45, 2.75) is 78.1 Å². The van der Waals surface area contributed by atoms with Gasteiger partial charge in [-0.25, -0.2) is 0 Å². The first-order valence-corrected chi connectivity index (χ1v) is 11.3. The summed E-state index contributed by atoms with van der Waals surface area (Å²) < 4.78 is 1.01. The van der Waals surface area contributed by atoms with E-state index < -0.39 is 0 Å². The fraction of sp³-hybridized carbons (Fsp3) is 0.538. The molecule has 0 N–H and O–H groups in total. The summed E-state index contributed by atoms with van der Waals surface area (Å²) in [6, 6.07) is 22.5. The minimum Gasteiger partial charge on any atom is -0.259 e. The molecule has 1 heteroatoms. The molecule has 0 aliphatic carbocycles. The van der Waals surface area contributed by atoms with E-state index in [2.05, 4.69) is 74.5 Å². The summed E-state index contributed by atoms with van der Waals surface area (Å²) in [5.41, 5.74) is 2.91. The second kappa shape index (κ2) is 12.7. The Labute approximate surface area is 168 Å². The van der Waals surface area contributed by atoms with Gasteiger partial charge in [0.15, 0.2) is 0 Å². The second-order valence-electron chi connectivity index (χ2n) is 7.91. The zero-order valence-electron chi connectivity index (χ0n) is 17.7. The summed E-state index contributed by atoms with van der Waals surface area (Å²) in [6.45, 7) is 7.02. The van der Waals surface area contributed by atoms with Crippen LogP contribution < -0.4 is 4.48 Å². The summed E-state index contributed by atoms with van der Waals surface area (Å²) in [4.78, 5) is 0. The molecule has 148 valence electrons. The normalized spacial score (nSPS) is 11.6. The number of benzene rings is 2. The Morgan fingerprint density at radius 2 is 0.852 bits per heavy atom. The van der Waals surface area contributed by atoms with E-state index in [-0.39, 0.29) is 0 Å². The number of unbranched alkanes of at least 4 members (excludes halogenated alkanes) is 8. The average Bonchev–Trinajstić information content (AvgIpc) is 2.73. The molecular formula is C26H40N+. The van der Waals surface area contributed by atoms with Crippen molar-refractivity contribution in [3.63, 3.8) is 0 Å². The van der Waals surface area contributed by atoms with Gasteiger partial charge in [0.25, 0.3) is 0 Å². The molecule has 0 aliphatic rings. The van der Waals surface area contributed by atoms with Crippen molar-refractivity contribution in [3.8, 4) is 0 Å². The van der Waals surface area contributed by atoms with Gasteiger partial charge in [-0.1, -0.05) is 88.8 Å². The second-order valence-corrected chi connectivity index (χ2v) is 7.91. The topological polar surface area (TPSA) is 0 Å². The van der Waals surface area contributed by atoms with Crippen LogP contribution in [0, 0.1) is 0 Å². The van der Waals surface area contributed by atoms with Crippen molar-refractivity contribution >= 4 is 11.4 Å². The van der Waals surface area contributed by atoms with Crippen LogP contribution in [-0.2, 0) is 0 Å². The highest BCUT2D eigenvalue weighted by atomic mass is 15.4. The van der Waals surface area contributed by atoms with Gasteiger partial charge in [-0.05, 0) is 49.9 Å². The van der Waals surface area contributed by atoms with Gasteiger partial charge in [-0.3, -0.25) is 4.48 Å². The Kier molecular flexibility index (Phi) is 10.2. The Hall–Kier alpha value is -1.60. The molecule has 0 saturated heterocycles. The lowest BCUT2D eigenvalue weighted by Gasteiger charge is -2.38. The molecule has 0 spiro atoms. The first-order valence-electron chi connectivity index (χ1n) is 11.3. The molecule has 1 nitrogen and oxygen atoms in total. The Morgan fingerprint density at radius 3 is 1.22 bits per heavy atom. The van der Waals surface area contributed by atoms with Gasteiger partial charge in [0, 0.05) is 0 Å². The van der Waals surface area contributed by atoms with Gasteiger partial charge in [-0.15, -0.1) is 0 Å². The van der Waals surface area contributed by atoms with E-state index in [1.165, 1.54) is 88.7 Å². The predicted octanol–water partition coefficient (Wildman–Crippen LogP) is 8.27. The van der Waals surface area contributed by atoms with Gasteiger partial charge < -0.3 is 0 Å². The van der Waals surface area contributed by atoms with E-state index in [1.54, 1.807) is 0 Å². The van der Waals surface area contributed by atoms with E-state index in [0.29, 0.717) is 0 Å². The van der Waals surface area contributed by atoms with Crippen LogP contribution in [0.2, 0.25) is 0 Å². The lowest BCUT2D eigenvalue weighted by Crippen LogP contribution is -2.46. The molecule has 2 aromatic carbocycles. The van der Waals surface area contributed by atoms with Gasteiger partial charge in [0.2, 0.25) is 0 Å². The van der Waals surface area contributed by atoms with E-state index in [0.717, 1.165) is 4.48 Å². The van der Waals surface area contributed by atoms with Crippen molar-refractivity contribution < 1.29 is 0 Å². The summed E-state index contributed by atoms with van der Waals surface area (Å²) in [7, 11) is 0. The Bertz CT molecular complexity index is 535. The molecule has 0 saturated carbocycles. The maximum atomic E-state index is 2.34. The van der Waals surface area contributed by atoms with Crippen molar-refractivity contribution in [2.24, 2.45) is 0 Å². The summed E-state index contributed by atoms with van der Waals surface area (Å²) in [5.74, 6) is 0. The van der Waals surface area contributed by atoms with E-state index in [9.17, 15) is 0 Å². The number of quaternary nitrogens is 1. The molecule has 0 aromatic heterocycles. The number of nitrogens with zero attached hydrogens (tertiary/aromatic N) is 1. The molecular weight excluding hydrogens is 326 g/mol. The summed E-state index contributed by atoms with van der Waals surface area (Å²) >= 11 is 0. The zero-order chi connectivity index (χ0) is 19.2. The van der Waals surface area contributed by atoms with Crippen LogP contribution in [0.25, 0.3) is 0 Å². The summed E-state index contributed by atoms with van der Waals surface area (Å²) in [6.07, 6.45) is 13.4. The standard InChI is InChI=1S/C26H40N/c1-3-5-7-9-17-23-27(24-18-10-8-6-4-2,25-19-13-11-14-20-25)26-21-15-12-16-22-26/h11-16,19-22H,3-10,17-18,23-24H2,1-2H3/q+1. The fourth-order valence-corrected chi connectivity index (χ4v) is 4.17. The third kappa shape index (κ3) is 6.81. The van der Waals surface area contributed by atoms with Crippen LogP contribution in [0.15, 0.2) is 60.7 Å². The van der Waals surface area contributed by atoms with Gasteiger partial charge in [0.1, 0.15) is 11.4 Å². The van der Waals surface area contributed by atoms with Crippen LogP contribution in [0.5, 0.6) is 0 Å². The lowest BCUT2D eigenvalue weighted by atomic mass is 10.1. The van der Waals surface area contributed by atoms with Crippen LogP contribution in [-0.4, -0.2) is 13.1 Å². The van der Waals surface area contributed by atoms with Crippen LogP contribution >= 0.6 is 0 Å². The molecule has 0 bridgehead atoms.